The Kier molecular flexibility index (Phi) is 3.73. The zero-order chi connectivity index (χ0) is 16.5. The fourth-order valence-electron chi connectivity index (χ4n) is 2.91. The summed E-state index contributed by atoms with van der Waals surface area (Å²) in [6.07, 6.45) is 6.85. The SMILES string of the molecule is O=C(N[C@@H]1CCc2nccn2C1)c1cc(Cl)ccc1-n1cnnn1. The maximum Gasteiger partial charge on any atom is 0.253 e. The van der Waals surface area contributed by atoms with Gasteiger partial charge in [0.2, 0.25) is 0 Å². The fourth-order valence-corrected chi connectivity index (χ4v) is 3.08. The van der Waals surface area contributed by atoms with Crippen molar-refractivity contribution in [2.75, 3.05) is 0 Å². The van der Waals surface area contributed by atoms with Crippen LogP contribution in [0.15, 0.2) is 36.9 Å². The largest absolute Gasteiger partial charge is 0.347 e. The van der Waals surface area contributed by atoms with Gasteiger partial charge in [0.05, 0.1) is 11.3 Å². The van der Waals surface area contributed by atoms with Crippen LogP contribution in [0.2, 0.25) is 5.02 Å². The third kappa shape index (κ3) is 2.76. The third-order valence-electron chi connectivity index (χ3n) is 4.07. The number of nitrogens with one attached hydrogen (secondary N) is 1. The van der Waals surface area contributed by atoms with Gasteiger partial charge in [-0.1, -0.05) is 11.6 Å². The molecule has 0 saturated heterocycles. The third-order valence-corrected chi connectivity index (χ3v) is 4.30. The summed E-state index contributed by atoms with van der Waals surface area (Å²) >= 11 is 6.06. The summed E-state index contributed by atoms with van der Waals surface area (Å²) in [6, 6.07) is 5.09. The van der Waals surface area contributed by atoms with Crippen molar-refractivity contribution in [2.24, 2.45) is 0 Å². The number of tetrazole rings is 1. The predicted octanol–water partition coefficient (Wildman–Crippen LogP) is 1.26. The highest BCUT2D eigenvalue weighted by molar-refractivity contribution is 6.31. The highest BCUT2D eigenvalue weighted by atomic mass is 35.5. The second-order valence-corrected chi connectivity index (χ2v) is 6.06. The average Bonchev–Trinajstić information content (AvgIpc) is 3.25. The maximum absolute atomic E-state index is 12.8. The van der Waals surface area contributed by atoms with Crippen LogP contribution in [0.1, 0.15) is 22.6 Å². The van der Waals surface area contributed by atoms with Crippen molar-refractivity contribution in [2.45, 2.75) is 25.4 Å². The van der Waals surface area contributed by atoms with Crippen molar-refractivity contribution < 1.29 is 4.79 Å². The summed E-state index contributed by atoms with van der Waals surface area (Å²) in [4.78, 5) is 17.1. The number of rotatable bonds is 3. The molecule has 0 spiro atoms. The molecular formula is C15H14ClN7O. The molecule has 0 bridgehead atoms. The van der Waals surface area contributed by atoms with Crippen molar-refractivity contribution in [3.63, 3.8) is 0 Å². The molecule has 0 fully saturated rings. The number of carbonyl (C=O) groups excluding carboxylic acids is 1. The van der Waals surface area contributed by atoms with E-state index in [-0.39, 0.29) is 11.9 Å². The van der Waals surface area contributed by atoms with Crippen LogP contribution in [0.5, 0.6) is 0 Å². The normalized spacial score (nSPS) is 16.6. The van der Waals surface area contributed by atoms with E-state index in [1.807, 2.05) is 6.20 Å². The number of nitrogens with zero attached hydrogens (tertiary/aromatic N) is 6. The Bertz CT molecular complexity index is 874. The minimum absolute atomic E-state index is 0.0416. The number of hydrogen-bond donors (Lipinski definition) is 1. The summed E-state index contributed by atoms with van der Waals surface area (Å²) in [6.45, 7) is 0.710. The van der Waals surface area contributed by atoms with Gasteiger partial charge in [0.25, 0.3) is 5.91 Å². The van der Waals surface area contributed by atoms with Crippen molar-refractivity contribution in [1.82, 2.24) is 35.1 Å². The minimum Gasteiger partial charge on any atom is -0.347 e. The minimum atomic E-state index is -0.198. The smallest absolute Gasteiger partial charge is 0.253 e. The molecule has 2 aromatic heterocycles. The van der Waals surface area contributed by atoms with E-state index in [0.717, 1.165) is 18.7 Å². The molecule has 1 aliphatic rings. The van der Waals surface area contributed by atoms with Gasteiger partial charge in [0.1, 0.15) is 12.2 Å². The Hall–Kier alpha value is -2.74. The lowest BCUT2D eigenvalue weighted by Crippen LogP contribution is -2.41. The molecule has 122 valence electrons. The van der Waals surface area contributed by atoms with Gasteiger partial charge in [-0.15, -0.1) is 5.10 Å². The Morgan fingerprint density at radius 3 is 3.12 bits per heavy atom. The Morgan fingerprint density at radius 1 is 1.38 bits per heavy atom. The van der Waals surface area contributed by atoms with Crippen LogP contribution in [0.3, 0.4) is 0 Å². The summed E-state index contributed by atoms with van der Waals surface area (Å²) in [7, 11) is 0. The quantitative estimate of drug-likeness (QED) is 0.773. The van der Waals surface area contributed by atoms with E-state index in [0.29, 0.717) is 22.8 Å². The molecule has 1 N–H and O–H groups in total. The van der Waals surface area contributed by atoms with Crippen molar-refractivity contribution >= 4 is 17.5 Å². The average molecular weight is 344 g/mol. The lowest BCUT2D eigenvalue weighted by atomic mass is 10.1. The number of amides is 1. The van der Waals surface area contributed by atoms with Gasteiger partial charge in [0.15, 0.2) is 0 Å². The lowest BCUT2D eigenvalue weighted by molar-refractivity contribution is 0.0927. The summed E-state index contributed by atoms with van der Waals surface area (Å²) in [5.41, 5.74) is 1.02. The van der Waals surface area contributed by atoms with E-state index in [9.17, 15) is 4.79 Å². The monoisotopic (exact) mass is 343 g/mol. The van der Waals surface area contributed by atoms with Crippen LogP contribution in [0, 0.1) is 0 Å². The number of imidazole rings is 1. The molecular weight excluding hydrogens is 330 g/mol. The van der Waals surface area contributed by atoms with Crippen molar-refractivity contribution in [3.05, 3.63) is 53.3 Å². The molecule has 9 heteroatoms. The summed E-state index contributed by atoms with van der Waals surface area (Å²) in [5, 5.41) is 14.6. The molecule has 3 aromatic rings. The molecule has 8 nitrogen and oxygen atoms in total. The highest BCUT2D eigenvalue weighted by Crippen LogP contribution is 2.20. The highest BCUT2D eigenvalue weighted by Gasteiger charge is 2.22. The number of fused-ring (bicyclic) bond motifs is 1. The van der Waals surface area contributed by atoms with Crippen LogP contribution in [0.4, 0.5) is 0 Å². The first-order valence-electron chi connectivity index (χ1n) is 7.54. The fraction of sp³-hybridized carbons (Fsp3) is 0.267. The van der Waals surface area contributed by atoms with Crippen molar-refractivity contribution in [3.8, 4) is 5.69 Å². The van der Waals surface area contributed by atoms with Crippen LogP contribution in [-0.2, 0) is 13.0 Å². The standard InChI is InChI=1S/C15H14ClN7O/c16-10-1-3-13(23-9-18-20-21-23)12(7-10)15(24)19-11-2-4-14-17-5-6-22(14)8-11/h1,3,5-7,9,11H,2,4,8H2,(H,19,24)/t11-/m1/s1. The van der Waals surface area contributed by atoms with E-state index in [1.54, 1.807) is 24.4 Å². The summed E-state index contributed by atoms with van der Waals surface area (Å²) < 4.78 is 3.51. The van der Waals surface area contributed by atoms with E-state index in [2.05, 4.69) is 30.4 Å². The molecule has 1 aromatic carbocycles. The molecule has 0 unspecified atom stereocenters. The van der Waals surface area contributed by atoms with Crippen LogP contribution in [0.25, 0.3) is 5.69 Å². The van der Waals surface area contributed by atoms with E-state index in [4.69, 9.17) is 11.6 Å². The number of aryl methyl sites for hydroxylation is 1. The van der Waals surface area contributed by atoms with Gasteiger partial charge < -0.3 is 9.88 Å². The Morgan fingerprint density at radius 2 is 2.29 bits per heavy atom. The first-order chi connectivity index (χ1) is 11.7. The van der Waals surface area contributed by atoms with Crippen molar-refractivity contribution in [1.29, 1.82) is 0 Å². The maximum atomic E-state index is 12.8. The number of carbonyl (C=O) groups is 1. The molecule has 1 atom stereocenters. The first kappa shape index (κ1) is 14.8. The molecule has 4 rings (SSSR count). The second kappa shape index (κ2) is 6.04. The number of aromatic nitrogens is 6. The van der Waals surface area contributed by atoms with Crippen LogP contribution >= 0.6 is 11.6 Å². The molecule has 0 radical (unpaired) electrons. The molecule has 1 amide bonds. The molecule has 0 aliphatic carbocycles. The topological polar surface area (TPSA) is 90.5 Å². The van der Waals surface area contributed by atoms with E-state index >= 15 is 0 Å². The predicted molar refractivity (Wildman–Crippen MR) is 86.0 cm³/mol. The van der Waals surface area contributed by atoms with E-state index in [1.165, 1.54) is 11.0 Å². The van der Waals surface area contributed by atoms with Crippen LogP contribution < -0.4 is 5.32 Å². The van der Waals surface area contributed by atoms with Gasteiger partial charge in [-0.3, -0.25) is 4.79 Å². The second-order valence-electron chi connectivity index (χ2n) is 5.62. The lowest BCUT2D eigenvalue weighted by Gasteiger charge is -2.25. The number of halogens is 1. The Balaban J connectivity index is 1.58. The molecule has 3 heterocycles. The zero-order valence-corrected chi connectivity index (χ0v) is 13.4. The molecule has 0 saturated carbocycles. The Labute approximate surface area is 142 Å². The van der Waals surface area contributed by atoms with Gasteiger partial charge in [0, 0.05) is 36.4 Å². The summed E-state index contributed by atoms with van der Waals surface area (Å²) in [5.74, 6) is 0.856. The number of benzene rings is 1. The van der Waals surface area contributed by atoms with E-state index < -0.39 is 0 Å². The number of hydrogen-bond acceptors (Lipinski definition) is 5. The zero-order valence-electron chi connectivity index (χ0n) is 12.6. The van der Waals surface area contributed by atoms with Gasteiger partial charge >= 0.3 is 0 Å². The molecule has 1 aliphatic heterocycles. The van der Waals surface area contributed by atoms with Gasteiger partial charge in [-0.25, -0.2) is 4.98 Å². The molecule has 24 heavy (non-hydrogen) atoms. The van der Waals surface area contributed by atoms with Gasteiger partial charge in [-0.05, 0) is 35.0 Å². The van der Waals surface area contributed by atoms with Crippen LogP contribution in [-0.4, -0.2) is 41.7 Å². The van der Waals surface area contributed by atoms with Gasteiger partial charge in [-0.2, -0.15) is 4.68 Å². The first-order valence-corrected chi connectivity index (χ1v) is 7.92.